The third kappa shape index (κ3) is 2.83. The standard InChI is InChI=1S/C10H4Br2FN/c11-7-5-9(12)8(10(13)6-7)3-1-2-4-14/h5-6H,2H2. The van der Waals surface area contributed by atoms with Crippen LogP contribution in [0, 0.1) is 29.0 Å². The molecule has 1 nitrogen and oxygen atoms in total. The molecule has 0 spiro atoms. The van der Waals surface area contributed by atoms with E-state index in [1.165, 1.54) is 6.07 Å². The second-order valence-corrected chi connectivity index (χ2v) is 4.15. The van der Waals surface area contributed by atoms with E-state index < -0.39 is 5.82 Å². The second kappa shape index (κ2) is 5.14. The first kappa shape index (κ1) is 11.2. The molecule has 0 atom stereocenters. The van der Waals surface area contributed by atoms with E-state index in [-0.39, 0.29) is 12.0 Å². The predicted octanol–water partition coefficient (Wildman–Crippen LogP) is 3.62. The molecule has 0 aliphatic carbocycles. The van der Waals surface area contributed by atoms with Crippen LogP contribution in [0.1, 0.15) is 12.0 Å². The van der Waals surface area contributed by atoms with Crippen molar-refractivity contribution in [2.75, 3.05) is 0 Å². The first-order valence-electron chi connectivity index (χ1n) is 3.65. The van der Waals surface area contributed by atoms with E-state index in [1.807, 2.05) is 6.07 Å². The average molecular weight is 317 g/mol. The molecule has 0 aliphatic rings. The van der Waals surface area contributed by atoms with Crippen LogP contribution in [0.5, 0.6) is 0 Å². The van der Waals surface area contributed by atoms with Crippen LogP contribution in [0.3, 0.4) is 0 Å². The van der Waals surface area contributed by atoms with Crippen LogP contribution in [-0.4, -0.2) is 0 Å². The summed E-state index contributed by atoms with van der Waals surface area (Å²) in [7, 11) is 0. The van der Waals surface area contributed by atoms with E-state index in [9.17, 15) is 4.39 Å². The Labute approximate surface area is 98.2 Å². The highest BCUT2D eigenvalue weighted by Crippen LogP contribution is 2.24. The summed E-state index contributed by atoms with van der Waals surface area (Å²) in [5, 5.41) is 8.26. The fraction of sp³-hybridized carbons (Fsp3) is 0.100. The second-order valence-electron chi connectivity index (χ2n) is 2.38. The van der Waals surface area contributed by atoms with Gasteiger partial charge in [0.15, 0.2) is 0 Å². The Morgan fingerprint density at radius 1 is 1.36 bits per heavy atom. The SMILES string of the molecule is N#CCC#Cc1c(F)cc(Br)cc1Br. The van der Waals surface area contributed by atoms with Crippen molar-refractivity contribution < 1.29 is 4.39 Å². The summed E-state index contributed by atoms with van der Waals surface area (Å²) >= 11 is 6.35. The number of benzene rings is 1. The summed E-state index contributed by atoms with van der Waals surface area (Å²) < 4.78 is 14.5. The maximum absolute atomic E-state index is 13.3. The Bertz CT molecular complexity index is 428. The molecule has 4 heteroatoms. The molecule has 0 fully saturated rings. The monoisotopic (exact) mass is 315 g/mol. The number of hydrogen-bond donors (Lipinski definition) is 0. The van der Waals surface area contributed by atoms with Gasteiger partial charge in [0.1, 0.15) is 5.82 Å². The molecule has 0 bridgehead atoms. The van der Waals surface area contributed by atoms with Crippen molar-refractivity contribution >= 4 is 31.9 Å². The van der Waals surface area contributed by atoms with Crippen molar-refractivity contribution in [3.05, 3.63) is 32.5 Å². The number of nitriles is 1. The first-order chi connectivity index (χ1) is 6.65. The summed E-state index contributed by atoms with van der Waals surface area (Å²) in [6, 6.07) is 4.91. The highest BCUT2D eigenvalue weighted by molar-refractivity contribution is 9.11. The van der Waals surface area contributed by atoms with Gasteiger partial charge in [-0.25, -0.2) is 4.39 Å². The van der Waals surface area contributed by atoms with Gasteiger partial charge >= 0.3 is 0 Å². The van der Waals surface area contributed by atoms with Crippen molar-refractivity contribution in [3.8, 4) is 17.9 Å². The molecule has 0 aromatic heterocycles. The molecule has 0 aliphatic heterocycles. The van der Waals surface area contributed by atoms with E-state index in [2.05, 4.69) is 43.7 Å². The van der Waals surface area contributed by atoms with Gasteiger partial charge in [0.25, 0.3) is 0 Å². The van der Waals surface area contributed by atoms with Crippen molar-refractivity contribution in [3.63, 3.8) is 0 Å². The van der Waals surface area contributed by atoms with Gasteiger partial charge < -0.3 is 0 Å². The van der Waals surface area contributed by atoms with Gasteiger partial charge in [-0.2, -0.15) is 5.26 Å². The van der Waals surface area contributed by atoms with E-state index in [1.54, 1.807) is 6.07 Å². The molecule has 0 saturated heterocycles. The molecule has 14 heavy (non-hydrogen) atoms. The highest BCUT2D eigenvalue weighted by Gasteiger charge is 2.05. The minimum Gasteiger partial charge on any atom is -0.206 e. The molecule has 0 N–H and O–H groups in total. The Hall–Kier alpha value is -0.840. The summed E-state index contributed by atoms with van der Waals surface area (Å²) in [4.78, 5) is 0. The van der Waals surface area contributed by atoms with Gasteiger partial charge in [-0.15, -0.1) is 0 Å². The molecule has 0 unspecified atom stereocenters. The van der Waals surface area contributed by atoms with Gasteiger partial charge in [0.2, 0.25) is 0 Å². The minimum atomic E-state index is -0.406. The maximum atomic E-state index is 13.3. The van der Waals surface area contributed by atoms with E-state index >= 15 is 0 Å². The lowest BCUT2D eigenvalue weighted by molar-refractivity contribution is 0.622. The molecule has 70 valence electrons. The van der Waals surface area contributed by atoms with Crippen molar-refractivity contribution in [1.29, 1.82) is 5.26 Å². The number of hydrogen-bond acceptors (Lipinski definition) is 1. The Kier molecular flexibility index (Phi) is 4.13. The Balaban J connectivity index is 3.12. The number of rotatable bonds is 0. The van der Waals surface area contributed by atoms with E-state index in [4.69, 9.17) is 5.26 Å². The third-order valence-corrected chi connectivity index (χ3v) is 2.47. The summed E-state index contributed by atoms with van der Waals surface area (Å²) in [6.45, 7) is 0. The third-order valence-electron chi connectivity index (χ3n) is 1.39. The van der Waals surface area contributed by atoms with Gasteiger partial charge in [-0.05, 0) is 28.1 Å². The molecular weight excluding hydrogens is 313 g/mol. The zero-order chi connectivity index (χ0) is 10.6. The molecule has 1 rings (SSSR count). The molecule has 0 heterocycles. The molecule has 1 aromatic carbocycles. The lowest BCUT2D eigenvalue weighted by Crippen LogP contribution is -1.85. The molecular formula is C10H4Br2FN. The fourth-order valence-electron chi connectivity index (χ4n) is 0.834. The van der Waals surface area contributed by atoms with Gasteiger partial charge in [0.05, 0.1) is 18.1 Å². The zero-order valence-corrected chi connectivity index (χ0v) is 10.1. The van der Waals surface area contributed by atoms with Crippen molar-refractivity contribution in [1.82, 2.24) is 0 Å². The van der Waals surface area contributed by atoms with Crippen molar-refractivity contribution in [2.45, 2.75) is 6.42 Å². The highest BCUT2D eigenvalue weighted by atomic mass is 79.9. The summed E-state index contributed by atoms with van der Waals surface area (Å²) in [6.07, 6.45) is 0.0992. The van der Waals surface area contributed by atoms with Crippen LogP contribution in [0.15, 0.2) is 21.1 Å². The van der Waals surface area contributed by atoms with Gasteiger partial charge in [-0.3, -0.25) is 0 Å². The quantitative estimate of drug-likeness (QED) is 0.671. The van der Waals surface area contributed by atoms with E-state index in [0.717, 1.165) is 0 Å². The summed E-state index contributed by atoms with van der Waals surface area (Å²) in [5.74, 6) is 4.74. The molecule has 0 radical (unpaired) electrons. The largest absolute Gasteiger partial charge is 0.206 e. The smallest absolute Gasteiger partial charge is 0.141 e. The fourth-order valence-corrected chi connectivity index (χ4v) is 2.11. The normalized spacial score (nSPS) is 8.71. The van der Waals surface area contributed by atoms with Gasteiger partial charge in [0, 0.05) is 8.95 Å². The van der Waals surface area contributed by atoms with Crippen LogP contribution < -0.4 is 0 Å². The topological polar surface area (TPSA) is 23.8 Å². The molecule has 0 saturated carbocycles. The van der Waals surface area contributed by atoms with Crippen LogP contribution in [0.4, 0.5) is 4.39 Å². The summed E-state index contributed by atoms with van der Waals surface area (Å²) in [5.41, 5.74) is 0.281. The lowest BCUT2D eigenvalue weighted by Gasteiger charge is -1.99. The van der Waals surface area contributed by atoms with Crippen LogP contribution in [0.2, 0.25) is 0 Å². The average Bonchev–Trinajstić information content (AvgIpc) is 2.09. The van der Waals surface area contributed by atoms with Crippen LogP contribution in [-0.2, 0) is 0 Å². The first-order valence-corrected chi connectivity index (χ1v) is 5.24. The maximum Gasteiger partial charge on any atom is 0.141 e. The van der Waals surface area contributed by atoms with Crippen LogP contribution in [0.25, 0.3) is 0 Å². The lowest BCUT2D eigenvalue weighted by atomic mass is 10.2. The Morgan fingerprint density at radius 3 is 2.64 bits per heavy atom. The van der Waals surface area contributed by atoms with Crippen molar-refractivity contribution in [2.24, 2.45) is 0 Å². The number of nitrogens with zero attached hydrogens (tertiary/aromatic N) is 1. The molecule has 1 aromatic rings. The zero-order valence-electron chi connectivity index (χ0n) is 6.94. The van der Waals surface area contributed by atoms with Gasteiger partial charge in [-0.1, -0.05) is 27.8 Å². The Morgan fingerprint density at radius 2 is 2.07 bits per heavy atom. The predicted molar refractivity (Wildman–Crippen MR) is 58.9 cm³/mol. The number of halogens is 3. The molecule has 0 amide bonds. The van der Waals surface area contributed by atoms with E-state index in [0.29, 0.717) is 8.95 Å². The van der Waals surface area contributed by atoms with Crippen LogP contribution >= 0.6 is 31.9 Å². The minimum absolute atomic E-state index is 0.0992.